The fourth-order valence-corrected chi connectivity index (χ4v) is 5.81. The minimum Gasteiger partial charge on any atom is -0.361 e. The van der Waals surface area contributed by atoms with E-state index in [0.717, 1.165) is 6.42 Å². The van der Waals surface area contributed by atoms with Gasteiger partial charge in [0, 0.05) is 22.7 Å². The van der Waals surface area contributed by atoms with Crippen LogP contribution in [0.2, 0.25) is 0 Å². The summed E-state index contributed by atoms with van der Waals surface area (Å²) < 4.78 is 0. The summed E-state index contributed by atoms with van der Waals surface area (Å²) in [7, 11) is 0. The molecule has 0 spiro atoms. The SMILES string of the molecule is Cc1c2c(cc3c1-c1c[nH]c4cccc-3c14)Cc1cc(C)c3ccccc3c1-2. The minimum atomic E-state index is 1.04. The molecule has 1 nitrogen and oxygen atoms in total. The van der Waals surface area contributed by atoms with Gasteiger partial charge in [0.15, 0.2) is 0 Å². The molecule has 1 N–H and O–H groups in total. The lowest BCUT2D eigenvalue weighted by Gasteiger charge is -2.15. The van der Waals surface area contributed by atoms with Gasteiger partial charge in [0.2, 0.25) is 0 Å². The van der Waals surface area contributed by atoms with E-state index in [9.17, 15) is 0 Å². The first-order valence-corrected chi connectivity index (χ1v) is 10.0. The lowest BCUT2D eigenvalue weighted by atomic mass is 9.88. The molecule has 1 aromatic heterocycles. The lowest BCUT2D eigenvalue weighted by Crippen LogP contribution is -1.91. The first-order valence-electron chi connectivity index (χ1n) is 10.0. The number of aromatic amines is 1. The molecule has 0 unspecified atom stereocenters. The van der Waals surface area contributed by atoms with Crippen molar-refractivity contribution in [2.45, 2.75) is 20.3 Å². The van der Waals surface area contributed by atoms with Crippen LogP contribution in [0, 0.1) is 13.8 Å². The predicted molar refractivity (Wildman–Crippen MR) is 118 cm³/mol. The number of aromatic nitrogens is 1. The summed E-state index contributed by atoms with van der Waals surface area (Å²) in [4.78, 5) is 3.47. The molecule has 0 saturated carbocycles. The number of hydrogen-bond donors (Lipinski definition) is 1. The Bertz CT molecular complexity index is 1500. The van der Waals surface area contributed by atoms with Crippen LogP contribution in [0.25, 0.3) is 55.1 Å². The zero-order valence-electron chi connectivity index (χ0n) is 16.0. The Hall–Kier alpha value is -3.32. The molecular formula is C27H19N. The molecule has 2 aliphatic carbocycles. The van der Waals surface area contributed by atoms with E-state index in [2.05, 4.69) is 79.6 Å². The van der Waals surface area contributed by atoms with Crippen LogP contribution < -0.4 is 0 Å². The van der Waals surface area contributed by atoms with Crippen molar-refractivity contribution >= 4 is 21.7 Å². The third kappa shape index (κ3) is 1.56. The van der Waals surface area contributed by atoms with Gasteiger partial charge in [-0.3, -0.25) is 0 Å². The molecule has 132 valence electrons. The Labute approximate surface area is 163 Å². The summed E-state index contributed by atoms with van der Waals surface area (Å²) in [5.74, 6) is 0. The van der Waals surface area contributed by atoms with Crippen LogP contribution >= 0.6 is 0 Å². The molecular weight excluding hydrogens is 338 g/mol. The highest BCUT2D eigenvalue weighted by Crippen LogP contribution is 2.54. The Morgan fingerprint density at radius 2 is 1.54 bits per heavy atom. The summed E-state index contributed by atoms with van der Waals surface area (Å²) in [5, 5.41) is 4.16. The summed E-state index contributed by atoms with van der Waals surface area (Å²) in [6, 6.07) is 20.4. The molecule has 2 aliphatic rings. The first-order chi connectivity index (χ1) is 13.7. The van der Waals surface area contributed by atoms with Gasteiger partial charge in [-0.15, -0.1) is 0 Å². The van der Waals surface area contributed by atoms with E-state index in [1.54, 1.807) is 0 Å². The maximum absolute atomic E-state index is 3.47. The van der Waals surface area contributed by atoms with Gasteiger partial charge in [0.25, 0.3) is 0 Å². The van der Waals surface area contributed by atoms with Crippen LogP contribution in [0.1, 0.15) is 22.3 Å². The number of hydrogen-bond acceptors (Lipinski definition) is 0. The van der Waals surface area contributed by atoms with E-state index in [-0.39, 0.29) is 0 Å². The molecule has 0 amide bonds. The highest BCUT2D eigenvalue weighted by atomic mass is 14.7. The molecule has 0 saturated heterocycles. The third-order valence-corrected chi connectivity index (χ3v) is 6.89. The number of H-pyrrole nitrogens is 1. The van der Waals surface area contributed by atoms with Gasteiger partial charge in [0.1, 0.15) is 0 Å². The van der Waals surface area contributed by atoms with E-state index < -0.39 is 0 Å². The molecule has 0 fully saturated rings. The van der Waals surface area contributed by atoms with Gasteiger partial charge in [-0.25, -0.2) is 0 Å². The van der Waals surface area contributed by atoms with Crippen molar-refractivity contribution in [1.29, 1.82) is 0 Å². The van der Waals surface area contributed by atoms with Crippen LogP contribution in [0.5, 0.6) is 0 Å². The summed E-state index contributed by atoms with van der Waals surface area (Å²) in [5.41, 5.74) is 15.5. The Kier molecular flexibility index (Phi) is 2.49. The van der Waals surface area contributed by atoms with E-state index in [0.29, 0.717) is 0 Å². The maximum atomic E-state index is 3.47. The van der Waals surface area contributed by atoms with E-state index >= 15 is 0 Å². The molecule has 0 atom stereocenters. The van der Waals surface area contributed by atoms with Gasteiger partial charge >= 0.3 is 0 Å². The van der Waals surface area contributed by atoms with Crippen molar-refractivity contribution in [1.82, 2.24) is 4.98 Å². The van der Waals surface area contributed by atoms with Gasteiger partial charge in [-0.2, -0.15) is 0 Å². The van der Waals surface area contributed by atoms with Crippen LogP contribution in [0.3, 0.4) is 0 Å². The highest BCUT2D eigenvalue weighted by molar-refractivity contribution is 6.17. The predicted octanol–water partition coefficient (Wildman–Crippen LogP) is 7.16. The van der Waals surface area contributed by atoms with Gasteiger partial charge in [-0.1, -0.05) is 42.5 Å². The van der Waals surface area contributed by atoms with Gasteiger partial charge < -0.3 is 4.98 Å². The summed E-state index contributed by atoms with van der Waals surface area (Å²) in [6.45, 7) is 4.57. The maximum Gasteiger partial charge on any atom is 0.0466 e. The van der Waals surface area contributed by atoms with Crippen molar-refractivity contribution in [3.8, 4) is 33.4 Å². The second-order valence-corrected chi connectivity index (χ2v) is 8.34. The average Bonchev–Trinajstić information content (AvgIpc) is 3.38. The van der Waals surface area contributed by atoms with Crippen LogP contribution in [0.15, 0.2) is 60.8 Å². The molecule has 0 aliphatic heterocycles. The largest absolute Gasteiger partial charge is 0.361 e. The van der Waals surface area contributed by atoms with Crippen molar-refractivity contribution in [2.24, 2.45) is 0 Å². The smallest absolute Gasteiger partial charge is 0.0466 e. The standard InChI is InChI=1S/C27H19N/c1-14-10-16-11-17-12-21-20-8-5-9-23-27(20)22(13-28-23)25(21)15(2)24(17)26(16)19-7-4-3-6-18(14)19/h3-10,12-13,28H,11H2,1-2H3. The minimum absolute atomic E-state index is 1.04. The van der Waals surface area contributed by atoms with Crippen molar-refractivity contribution < 1.29 is 0 Å². The quantitative estimate of drug-likeness (QED) is 0.296. The Morgan fingerprint density at radius 3 is 2.43 bits per heavy atom. The molecule has 0 bridgehead atoms. The molecule has 7 rings (SSSR count). The van der Waals surface area contributed by atoms with Crippen LogP contribution in [-0.2, 0) is 6.42 Å². The molecule has 1 heterocycles. The van der Waals surface area contributed by atoms with E-state index in [1.807, 2.05) is 0 Å². The number of nitrogens with one attached hydrogen (secondary N) is 1. The van der Waals surface area contributed by atoms with Crippen molar-refractivity contribution in [3.63, 3.8) is 0 Å². The first kappa shape index (κ1) is 14.7. The molecule has 5 aromatic rings. The zero-order valence-corrected chi connectivity index (χ0v) is 16.0. The average molecular weight is 357 g/mol. The summed E-state index contributed by atoms with van der Waals surface area (Å²) in [6.07, 6.45) is 3.24. The molecule has 0 radical (unpaired) electrons. The van der Waals surface area contributed by atoms with E-state index in [4.69, 9.17) is 0 Å². The molecule has 1 heteroatoms. The second-order valence-electron chi connectivity index (χ2n) is 8.34. The number of fused-ring (bicyclic) bond motifs is 8. The van der Waals surface area contributed by atoms with Gasteiger partial charge in [-0.05, 0) is 93.2 Å². The monoisotopic (exact) mass is 357 g/mol. The normalized spacial score (nSPS) is 13.2. The van der Waals surface area contributed by atoms with Crippen molar-refractivity contribution in [3.05, 3.63) is 83.0 Å². The number of benzene rings is 4. The highest BCUT2D eigenvalue weighted by Gasteiger charge is 2.31. The molecule has 4 aromatic carbocycles. The van der Waals surface area contributed by atoms with Gasteiger partial charge in [0.05, 0.1) is 0 Å². The van der Waals surface area contributed by atoms with E-state index in [1.165, 1.54) is 77.3 Å². The second kappa shape index (κ2) is 4.74. The molecule has 28 heavy (non-hydrogen) atoms. The number of rotatable bonds is 0. The fourth-order valence-electron chi connectivity index (χ4n) is 5.81. The Morgan fingerprint density at radius 1 is 0.714 bits per heavy atom. The van der Waals surface area contributed by atoms with Crippen LogP contribution in [0.4, 0.5) is 0 Å². The third-order valence-electron chi connectivity index (χ3n) is 6.89. The fraction of sp³-hybridized carbons (Fsp3) is 0.111. The number of aryl methyl sites for hydroxylation is 1. The van der Waals surface area contributed by atoms with Crippen molar-refractivity contribution in [2.75, 3.05) is 0 Å². The topological polar surface area (TPSA) is 15.8 Å². The summed E-state index contributed by atoms with van der Waals surface area (Å²) >= 11 is 0. The zero-order chi connectivity index (χ0) is 18.6. The van der Waals surface area contributed by atoms with Crippen LogP contribution in [-0.4, -0.2) is 4.98 Å². The Balaban J connectivity index is 1.63. The lowest BCUT2D eigenvalue weighted by molar-refractivity contribution is 1.25.